The van der Waals surface area contributed by atoms with E-state index in [0.717, 1.165) is 5.56 Å². The van der Waals surface area contributed by atoms with Crippen LogP contribution >= 0.6 is 0 Å². The number of ether oxygens (including phenoxy) is 1. The van der Waals surface area contributed by atoms with E-state index in [9.17, 15) is 13.2 Å². The van der Waals surface area contributed by atoms with E-state index < -0.39 is 15.6 Å². The number of Topliss-reactive ketones (excluding diaryl/α,β-unsaturated/α-hetero) is 1. The zero-order chi connectivity index (χ0) is 12.9. The fourth-order valence-corrected chi connectivity index (χ4v) is 2.57. The van der Waals surface area contributed by atoms with Gasteiger partial charge in [0.05, 0.1) is 12.4 Å². The molecule has 17 heavy (non-hydrogen) atoms. The van der Waals surface area contributed by atoms with Gasteiger partial charge in [-0.1, -0.05) is 24.3 Å². The molecule has 0 unspecified atom stereocenters. The summed E-state index contributed by atoms with van der Waals surface area (Å²) < 4.78 is 27.9. The molecule has 0 amide bonds. The second kappa shape index (κ2) is 5.93. The average molecular weight is 256 g/mol. The van der Waals surface area contributed by atoms with E-state index in [1.165, 1.54) is 7.11 Å². The van der Waals surface area contributed by atoms with Gasteiger partial charge < -0.3 is 4.74 Å². The van der Waals surface area contributed by atoms with Crippen LogP contribution in [0.4, 0.5) is 0 Å². The minimum absolute atomic E-state index is 0.114. The SMILES string of the molecule is COCCS(=O)(=O)CC(=O)c1ccccc1C. The molecule has 0 heterocycles. The van der Waals surface area contributed by atoms with Crippen LogP contribution in [-0.4, -0.2) is 39.4 Å². The standard InChI is InChI=1S/C12H16O4S/c1-10-5-3-4-6-11(10)12(13)9-17(14,15)8-7-16-2/h3-6H,7-9H2,1-2H3. The average Bonchev–Trinajstić information content (AvgIpc) is 2.26. The maximum atomic E-state index is 11.8. The largest absolute Gasteiger partial charge is 0.384 e. The molecule has 0 saturated carbocycles. The first-order chi connectivity index (χ1) is 7.96. The Balaban J connectivity index is 2.77. The second-order valence-electron chi connectivity index (χ2n) is 3.82. The van der Waals surface area contributed by atoms with Crippen LogP contribution in [0.3, 0.4) is 0 Å². The van der Waals surface area contributed by atoms with Crippen molar-refractivity contribution in [3.8, 4) is 0 Å². The molecule has 4 nitrogen and oxygen atoms in total. The van der Waals surface area contributed by atoms with E-state index in [1.807, 2.05) is 6.07 Å². The van der Waals surface area contributed by atoms with Crippen LogP contribution in [0.1, 0.15) is 15.9 Å². The van der Waals surface area contributed by atoms with Crippen molar-refractivity contribution in [1.82, 2.24) is 0 Å². The summed E-state index contributed by atoms with van der Waals surface area (Å²) in [4.78, 5) is 11.8. The molecule has 1 aromatic rings. The predicted octanol–water partition coefficient (Wildman–Crippen LogP) is 1.24. The first-order valence-corrected chi connectivity index (χ1v) is 7.06. The fourth-order valence-electron chi connectivity index (χ4n) is 1.45. The highest BCUT2D eigenvalue weighted by Crippen LogP contribution is 2.09. The fraction of sp³-hybridized carbons (Fsp3) is 0.417. The maximum Gasteiger partial charge on any atom is 0.178 e. The Labute approximate surface area is 102 Å². The summed E-state index contributed by atoms with van der Waals surface area (Å²) in [7, 11) is -1.95. The molecular weight excluding hydrogens is 240 g/mol. The molecule has 0 N–H and O–H groups in total. The number of rotatable bonds is 6. The van der Waals surface area contributed by atoms with Crippen LogP contribution in [0.15, 0.2) is 24.3 Å². The predicted molar refractivity (Wildman–Crippen MR) is 66.0 cm³/mol. The lowest BCUT2D eigenvalue weighted by molar-refractivity contribution is 0.102. The van der Waals surface area contributed by atoms with Crippen molar-refractivity contribution < 1.29 is 17.9 Å². The zero-order valence-corrected chi connectivity index (χ0v) is 10.8. The van der Waals surface area contributed by atoms with Crippen molar-refractivity contribution >= 4 is 15.6 Å². The van der Waals surface area contributed by atoms with Crippen molar-refractivity contribution in [2.75, 3.05) is 25.2 Å². The normalized spacial score (nSPS) is 11.4. The molecule has 1 aromatic carbocycles. The van der Waals surface area contributed by atoms with Crippen LogP contribution in [0, 0.1) is 6.92 Å². The molecular formula is C12H16O4S. The van der Waals surface area contributed by atoms with E-state index in [0.29, 0.717) is 5.56 Å². The third-order valence-electron chi connectivity index (χ3n) is 2.39. The number of carbonyl (C=O) groups is 1. The highest BCUT2D eigenvalue weighted by Gasteiger charge is 2.18. The minimum Gasteiger partial charge on any atom is -0.384 e. The summed E-state index contributed by atoms with van der Waals surface area (Å²) in [6.07, 6.45) is 0. The first-order valence-electron chi connectivity index (χ1n) is 5.24. The third kappa shape index (κ3) is 4.28. The van der Waals surface area contributed by atoms with Gasteiger partial charge in [-0.15, -0.1) is 0 Å². The Morgan fingerprint density at radius 1 is 1.29 bits per heavy atom. The number of benzene rings is 1. The Kier molecular flexibility index (Phi) is 4.84. The lowest BCUT2D eigenvalue weighted by Crippen LogP contribution is -2.21. The molecule has 0 bridgehead atoms. The molecule has 0 radical (unpaired) electrons. The monoisotopic (exact) mass is 256 g/mol. The van der Waals surface area contributed by atoms with Gasteiger partial charge in [-0.2, -0.15) is 0 Å². The van der Waals surface area contributed by atoms with Crippen LogP contribution in [-0.2, 0) is 14.6 Å². The van der Waals surface area contributed by atoms with Gasteiger partial charge in [0.15, 0.2) is 15.6 Å². The highest BCUT2D eigenvalue weighted by molar-refractivity contribution is 7.92. The lowest BCUT2D eigenvalue weighted by atomic mass is 10.1. The summed E-state index contributed by atoms with van der Waals surface area (Å²) in [5.74, 6) is -0.943. The number of hydrogen-bond donors (Lipinski definition) is 0. The summed E-state index contributed by atoms with van der Waals surface area (Å²) in [5.41, 5.74) is 1.26. The minimum atomic E-state index is -3.38. The summed E-state index contributed by atoms with van der Waals surface area (Å²) in [5, 5.41) is 0. The molecule has 0 aromatic heterocycles. The molecule has 5 heteroatoms. The molecule has 0 spiro atoms. The number of methoxy groups -OCH3 is 1. The molecule has 0 saturated heterocycles. The van der Waals surface area contributed by atoms with Crippen LogP contribution in [0.2, 0.25) is 0 Å². The molecule has 94 valence electrons. The van der Waals surface area contributed by atoms with Gasteiger partial charge in [0.1, 0.15) is 5.75 Å². The van der Waals surface area contributed by atoms with Crippen molar-refractivity contribution in [3.63, 3.8) is 0 Å². The molecule has 1 rings (SSSR count). The van der Waals surface area contributed by atoms with Gasteiger partial charge in [-0.3, -0.25) is 4.79 Å². The van der Waals surface area contributed by atoms with E-state index in [4.69, 9.17) is 4.74 Å². The first kappa shape index (κ1) is 13.9. The van der Waals surface area contributed by atoms with Gasteiger partial charge in [0.25, 0.3) is 0 Å². The van der Waals surface area contributed by atoms with Gasteiger partial charge in [0, 0.05) is 12.7 Å². The lowest BCUT2D eigenvalue weighted by Gasteiger charge is -2.05. The summed E-state index contributed by atoms with van der Waals surface area (Å²) >= 11 is 0. The van der Waals surface area contributed by atoms with E-state index in [-0.39, 0.29) is 18.1 Å². The highest BCUT2D eigenvalue weighted by atomic mass is 32.2. The summed E-state index contributed by atoms with van der Waals surface area (Å²) in [6, 6.07) is 6.96. The number of hydrogen-bond acceptors (Lipinski definition) is 4. The zero-order valence-electron chi connectivity index (χ0n) is 9.97. The summed E-state index contributed by atoms with van der Waals surface area (Å²) in [6.45, 7) is 1.90. The van der Waals surface area contributed by atoms with Crippen molar-refractivity contribution in [2.24, 2.45) is 0 Å². The van der Waals surface area contributed by atoms with Crippen LogP contribution in [0.5, 0.6) is 0 Å². The van der Waals surface area contributed by atoms with Crippen molar-refractivity contribution in [2.45, 2.75) is 6.92 Å². The number of ketones is 1. The Morgan fingerprint density at radius 3 is 2.53 bits per heavy atom. The van der Waals surface area contributed by atoms with E-state index >= 15 is 0 Å². The number of aryl methyl sites for hydroxylation is 1. The van der Waals surface area contributed by atoms with Crippen molar-refractivity contribution in [1.29, 1.82) is 0 Å². The Bertz CT molecular complexity index is 491. The van der Waals surface area contributed by atoms with Gasteiger partial charge in [-0.05, 0) is 12.5 Å². The van der Waals surface area contributed by atoms with E-state index in [1.54, 1.807) is 25.1 Å². The molecule has 0 fully saturated rings. The topological polar surface area (TPSA) is 60.4 Å². The number of sulfone groups is 1. The Morgan fingerprint density at radius 2 is 1.94 bits per heavy atom. The molecule has 0 atom stereocenters. The van der Waals surface area contributed by atoms with Gasteiger partial charge in [0.2, 0.25) is 0 Å². The van der Waals surface area contributed by atoms with Crippen LogP contribution in [0.25, 0.3) is 0 Å². The second-order valence-corrected chi connectivity index (χ2v) is 6.01. The Hall–Kier alpha value is -1.20. The van der Waals surface area contributed by atoms with Crippen molar-refractivity contribution in [3.05, 3.63) is 35.4 Å². The molecule has 0 aliphatic heterocycles. The molecule has 0 aliphatic rings. The molecule has 0 aliphatic carbocycles. The van der Waals surface area contributed by atoms with Crippen LogP contribution < -0.4 is 0 Å². The maximum absolute atomic E-state index is 11.8. The third-order valence-corrected chi connectivity index (χ3v) is 3.89. The smallest absolute Gasteiger partial charge is 0.178 e. The quantitative estimate of drug-likeness (QED) is 0.718. The van der Waals surface area contributed by atoms with Gasteiger partial charge >= 0.3 is 0 Å². The van der Waals surface area contributed by atoms with Gasteiger partial charge in [-0.25, -0.2) is 8.42 Å². The number of carbonyl (C=O) groups excluding carboxylic acids is 1. The van der Waals surface area contributed by atoms with E-state index in [2.05, 4.69) is 0 Å².